The topological polar surface area (TPSA) is 17.3 Å². The van der Waals surface area contributed by atoms with E-state index in [1.807, 2.05) is 12.1 Å². The van der Waals surface area contributed by atoms with E-state index < -0.39 is 0 Å². The Morgan fingerprint density at radius 1 is 1.12 bits per heavy atom. The molecule has 1 aromatic carbocycles. The predicted octanol–water partition coefficient (Wildman–Crippen LogP) is 3.79. The van der Waals surface area contributed by atoms with Crippen LogP contribution in [-0.4, -0.2) is 9.38 Å². The minimum atomic E-state index is -0.286. The van der Waals surface area contributed by atoms with Crippen molar-refractivity contribution in [2.45, 2.75) is 0 Å². The fourth-order valence-electron chi connectivity index (χ4n) is 1.84. The van der Waals surface area contributed by atoms with Crippen LogP contribution in [0.25, 0.3) is 16.9 Å². The van der Waals surface area contributed by atoms with Gasteiger partial charge in [-0.3, -0.25) is 4.40 Å². The maximum Gasteiger partial charge on any atom is 0.145 e. The van der Waals surface area contributed by atoms with Gasteiger partial charge in [0.25, 0.3) is 0 Å². The number of fused-ring (bicyclic) bond motifs is 1. The maximum absolute atomic E-state index is 13.2. The predicted molar refractivity (Wildman–Crippen MR) is 65.6 cm³/mol. The Bertz CT molecular complexity index is 691. The molecule has 0 unspecified atom stereocenters. The van der Waals surface area contributed by atoms with Crippen molar-refractivity contribution in [1.29, 1.82) is 0 Å². The van der Waals surface area contributed by atoms with E-state index >= 15 is 0 Å². The molecule has 0 saturated heterocycles. The van der Waals surface area contributed by atoms with Crippen LogP contribution in [-0.2, 0) is 0 Å². The number of hydrogen-bond acceptors (Lipinski definition) is 1. The molecule has 3 rings (SSSR count). The van der Waals surface area contributed by atoms with Crippen molar-refractivity contribution in [2.24, 2.45) is 0 Å². The summed E-state index contributed by atoms with van der Waals surface area (Å²) in [4.78, 5) is 4.28. The average Bonchev–Trinajstić information content (AvgIpc) is 2.74. The lowest BCUT2D eigenvalue weighted by molar-refractivity contribution is 0.628. The van der Waals surface area contributed by atoms with Gasteiger partial charge in [-0.2, -0.15) is 0 Å². The quantitative estimate of drug-likeness (QED) is 0.597. The van der Waals surface area contributed by atoms with Crippen molar-refractivity contribution in [3.63, 3.8) is 0 Å². The Balaban J connectivity index is 2.31. The average molecular weight is 247 g/mol. The molecule has 0 aliphatic rings. The molecule has 3 aromatic rings. The van der Waals surface area contributed by atoms with Crippen molar-refractivity contribution in [2.75, 3.05) is 0 Å². The van der Waals surface area contributed by atoms with Crippen molar-refractivity contribution in [3.05, 3.63) is 59.6 Å². The number of aromatic nitrogens is 2. The van der Waals surface area contributed by atoms with Gasteiger partial charge in [-0.1, -0.05) is 29.8 Å². The molecule has 2 heterocycles. The molecule has 4 heteroatoms. The zero-order valence-electron chi connectivity index (χ0n) is 8.77. The number of rotatable bonds is 1. The van der Waals surface area contributed by atoms with E-state index in [0.717, 1.165) is 5.52 Å². The van der Waals surface area contributed by atoms with E-state index in [9.17, 15) is 4.39 Å². The Morgan fingerprint density at radius 3 is 2.76 bits per heavy atom. The summed E-state index contributed by atoms with van der Waals surface area (Å²) in [6, 6.07) is 11.8. The summed E-state index contributed by atoms with van der Waals surface area (Å²) in [6.45, 7) is 0. The number of halogens is 2. The van der Waals surface area contributed by atoms with Crippen LogP contribution in [0, 0.1) is 5.82 Å². The van der Waals surface area contributed by atoms with E-state index in [-0.39, 0.29) is 5.82 Å². The van der Waals surface area contributed by atoms with Crippen molar-refractivity contribution in [3.8, 4) is 11.4 Å². The van der Waals surface area contributed by atoms with E-state index in [4.69, 9.17) is 11.6 Å². The molecule has 0 atom stereocenters. The number of nitrogens with zero attached hydrogens (tertiary/aromatic N) is 2. The van der Waals surface area contributed by atoms with Crippen LogP contribution in [0.1, 0.15) is 0 Å². The number of benzene rings is 1. The molecule has 0 saturated carbocycles. The summed E-state index contributed by atoms with van der Waals surface area (Å²) < 4.78 is 15.0. The van der Waals surface area contributed by atoms with Crippen LogP contribution in [0.3, 0.4) is 0 Å². The highest BCUT2D eigenvalue weighted by Crippen LogP contribution is 2.24. The number of imidazole rings is 1. The molecule has 0 amide bonds. The van der Waals surface area contributed by atoms with Gasteiger partial charge in [0.2, 0.25) is 0 Å². The molecule has 0 spiro atoms. The van der Waals surface area contributed by atoms with Gasteiger partial charge in [-0.25, -0.2) is 9.37 Å². The summed E-state index contributed by atoms with van der Waals surface area (Å²) in [6.07, 6.45) is 1.71. The standard InChI is InChI=1S/C13H8ClFN2/c14-12-6-2-5-11-8-16-13(17(11)12)9-3-1-4-10(15)7-9/h1-8H. The first kappa shape index (κ1) is 10.3. The SMILES string of the molecule is Fc1cccc(-c2ncc3cccc(Cl)n23)c1. The van der Waals surface area contributed by atoms with Crippen LogP contribution >= 0.6 is 11.6 Å². The first-order chi connectivity index (χ1) is 8.25. The summed E-state index contributed by atoms with van der Waals surface area (Å²) in [5, 5.41) is 0.555. The Kier molecular flexibility index (Phi) is 2.34. The van der Waals surface area contributed by atoms with Gasteiger partial charge in [0, 0.05) is 5.56 Å². The van der Waals surface area contributed by atoms with E-state index in [2.05, 4.69) is 4.98 Å². The van der Waals surface area contributed by atoms with E-state index in [0.29, 0.717) is 16.5 Å². The third kappa shape index (κ3) is 1.68. The molecule has 0 aliphatic carbocycles. The summed E-state index contributed by atoms with van der Waals surface area (Å²) in [5.74, 6) is 0.358. The van der Waals surface area contributed by atoms with Gasteiger partial charge < -0.3 is 0 Å². The first-order valence-corrected chi connectivity index (χ1v) is 5.51. The summed E-state index contributed by atoms with van der Waals surface area (Å²) >= 11 is 6.12. The largest absolute Gasteiger partial charge is 0.283 e. The molecule has 84 valence electrons. The third-order valence-corrected chi connectivity index (χ3v) is 2.88. The third-order valence-electron chi connectivity index (χ3n) is 2.59. The molecule has 2 nitrogen and oxygen atoms in total. The molecule has 0 N–H and O–H groups in total. The van der Waals surface area contributed by atoms with E-state index in [1.165, 1.54) is 12.1 Å². The number of pyridine rings is 1. The Morgan fingerprint density at radius 2 is 1.94 bits per heavy atom. The molecule has 17 heavy (non-hydrogen) atoms. The van der Waals surface area contributed by atoms with Crippen molar-refractivity contribution < 1.29 is 4.39 Å². The van der Waals surface area contributed by atoms with Crippen LogP contribution in [0.5, 0.6) is 0 Å². The lowest BCUT2D eigenvalue weighted by Gasteiger charge is -2.03. The van der Waals surface area contributed by atoms with Crippen molar-refractivity contribution >= 4 is 17.1 Å². The van der Waals surface area contributed by atoms with Gasteiger partial charge >= 0.3 is 0 Å². The summed E-state index contributed by atoms with van der Waals surface area (Å²) in [5.41, 5.74) is 1.59. The molecule has 0 bridgehead atoms. The lowest BCUT2D eigenvalue weighted by atomic mass is 10.2. The molecule has 0 radical (unpaired) electrons. The minimum absolute atomic E-state index is 0.286. The van der Waals surface area contributed by atoms with Crippen LogP contribution in [0.15, 0.2) is 48.7 Å². The number of hydrogen-bond donors (Lipinski definition) is 0. The van der Waals surface area contributed by atoms with Gasteiger partial charge in [0.15, 0.2) is 0 Å². The van der Waals surface area contributed by atoms with E-state index in [1.54, 1.807) is 28.8 Å². The monoisotopic (exact) mass is 246 g/mol. The Hall–Kier alpha value is -1.87. The Labute approximate surface area is 102 Å². The molecular formula is C13H8ClFN2. The molecule has 0 fully saturated rings. The molecule has 0 aliphatic heterocycles. The van der Waals surface area contributed by atoms with Crippen LogP contribution in [0.4, 0.5) is 4.39 Å². The highest BCUT2D eigenvalue weighted by atomic mass is 35.5. The molecule has 2 aromatic heterocycles. The minimum Gasteiger partial charge on any atom is -0.283 e. The fraction of sp³-hybridized carbons (Fsp3) is 0. The smallest absolute Gasteiger partial charge is 0.145 e. The van der Waals surface area contributed by atoms with Crippen LogP contribution in [0.2, 0.25) is 5.15 Å². The second-order valence-corrected chi connectivity index (χ2v) is 4.09. The second kappa shape index (κ2) is 3.86. The highest BCUT2D eigenvalue weighted by molar-refractivity contribution is 6.30. The van der Waals surface area contributed by atoms with Gasteiger partial charge in [0.05, 0.1) is 11.7 Å². The van der Waals surface area contributed by atoms with Crippen molar-refractivity contribution in [1.82, 2.24) is 9.38 Å². The highest BCUT2D eigenvalue weighted by Gasteiger charge is 2.08. The van der Waals surface area contributed by atoms with Gasteiger partial charge in [-0.05, 0) is 24.3 Å². The van der Waals surface area contributed by atoms with Crippen LogP contribution < -0.4 is 0 Å². The normalized spacial score (nSPS) is 10.9. The van der Waals surface area contributed by atoms with Gasteiger partial charge in [0.1, 0.15) is 16.8 Å². The van der Waals surface area contributed by atoms with Gasteiger partial charge in [-0.15, -0.1) is 0 Å². The lowest BCUT2D eigenvalue weighted by Crippen LogP contribution is -1.91. The maximum atomic E-state index is 13.2. The summed E-state index contributed by atoms with van der Waals surface area (Å²) in [7, 11) is 0. The zero-order valence-corrected chi connectivity index (χ0v) is 9.53. The zero-order chi connectivity index (χ0) is 11.8. The first-order valence-electron chi connectivity index (χ1n) is 5.13. The molecular weight excluding hydrogens is 239 g/mol. The fourth-order valence-corrected chi connectivity index (χ4v) is 2.09. The second-order valence-electron chi connectivity index (χ2n) is 3.70.